The first kappa shape index (κ1) is 14.7. The molecule has 0 bridgehead atoms. The summed E-state index contributed by atoms with van der Waals surface area (Å²) < 4.78 is 27.2. The van der Waals surface area contributed by atoms with Crippen LogP contribution in [0.15, 0.2) is 23.1 Å². The number of nitro benzene ring substituents is 1. The molecule has 1 fully saturated rings. The van der Waals surface area contributed by atoms with E-state index in [0.717, 1.165) is 6.42 Å². The third-order valence-electron chi connectivity index (χ3n) is 3.55. The maximum absolute atomic E-state index is 12.3. The van der Waals surface area contributed by atoms with E-state index in [1.807, 2.05) is 13.8 Å². The Hall–Kier alpha value is -1.67. The zero-order chi connectivity index (χ0) is 15.1. The first-order valence-electron chi connectivity index (χ1n) is 6.16. The quantitative estimate of drug-likeness (QED) is 0.636. The van der Waals surface area contributed by atoms with Gasteiger partial charge in [-0.1, -0.05) is 19.9 Å². The van der Waals surface area contributed by atoms with Crippen molar-refractivity contribution in [3.63, 3.8) is 0 Å². The third-order valence-corrected chi connectivity index (χ3v) is 5.05. The molecule has 0 spiro atoms. The van der Waals surface area contributed by atoms with E-state index in [0.29, 0.717) is 0 Å². The van der Waals surface area contributed by atoms with Crippen LogP contribution in [-0.2, 0) is 10.0 Å². The summed E-state index contributed by atoms with van der Waals surface area (Å²) in [4.78, 5) is 10.2. The number of benzene rings is 1. The number of hydrogen-bond acceptors (Lipinski definition) is 5. The van der Waals surface area contributed by atoms with E-state index in [1.54, 1.807) is 0 Å². The van der Waals surface area contributed by atoms with Crippen LogP contribution in [0.2, 0.25) is 0 Å². The Morgan fingerprint density at radius 2 is 2.00 bits per heavy atom. The van der Waals surface area contributed by atoms with Gasteiger partial charge in [-0.3, -0.25) is 10.1 Å². The molecule has 0 heterocycles. The Labute approximate surface area is 117 Å². The number of nitro groups is 1. The van der Waals surface area contributed by atoms with E-state index >= 15 is 0 Å². The summed E-state index contributed by atoms with van der Waals surface area (Å²) in [6.45, 7) is 3.89. The van der Waals surface area contributed by atoms with E-state index in [9.17, 15) is 18.5 Å². The summed E-state index contributed by atoms with van der Waals surface area (Å²) in [5, 5.41) is 13.8. The number of sulfonamides is 1. The summed E-state index contributed by atoms with van der Waals surface area (Å²) in [5.41, 5.74) is -0.350. The smallest absolute Gasteiger partial charge is 0.312 e. The van der Waals surface area contributed by atoms with Crippen molar-refractivity contribution in [2.24, 2.45) is 5.41 Å². The first-order valence-corrected chi connectivity index (χ1v) is 7.65. The Balaban J connectivity index is 2.44. The number of nitrogens with one attached hydrogen (secondary N) is 2. The second-order valence-corrected chi connectivity index (χ2v) is 7.21. The first-order chi connectivity index (χ1) is 9.19. The van der Waals surface area contributed by atoms with E-state index in [2.05, 4.69) is 10.0 Å². The minimum Gasteiger partial charge on any atom is -0.383 e. The highest BCUT2D eigenvalue weighted by Gasteiger charge is 2.48. The highest BCUT2D eigenvalue weighted by Crippen LogP contribution is 2.45. The number of para-hydroxylation sites is 1. The summed E-state index contributed by atoms with van der Waals surface area (Å²) in [7, 11) is -2.40. The predicted octanol–water partition coefficient (Wildman–Crippen LogP) is 1.71. The highest BCUT2D eigenvalue weighted by molar-refractivity contribution is 7.89. The zero-order valence-electron chi connectivity index (χ0n) is 11.5. The van der Waals surface area contributed by atoms with Gasteiger partial charge in [-0.05, 0) is 24.0 Å². The molecule has 7 nitrogen and oxygen atoms in total. The van der Waals surface area contributed by atoms with Crippen molar-refractivity contribution in [1.82, 2.24) is 4.72 Å². The van der Waals surface area contributed by atoms with Crippen LogP contribution in [0.4, 0.5) is 11.4 Å². The molecule has 1 aliphatic rings. The molecule has 0 aliphatic heterocycles. The fourth-order valence-electron chi connectivity index (χ4n) is 2.05. The van der Waals surface area contributed by atoms with Crippen LogP contribution in [0.5, 0.6) is 0 Å². The fourth-order valence-corrected chi connectivity index (χ4v) is 3.65. The fraction of sp³-hybridized carbons (Fsp3) is 0.500. The lowest BCUT2D eigenvalue weighted by Gasteiger charge is -2.10. The number of anilines is 1. The van der Waals surface area contributed by atoms with Crippen molar-refractivity contribution < 1.29 is 13.3 Å². The van der Waals surface area contributed by atoms with Gasteiger partial charge in [0, 0.05) is 13.1 Å². The molecule has 0 aromatic heterocycles. The molecule has 1 unspecified atom stereocenters. The van der Waals surface area contributed by atoms with Crippen LogP contribution in [0.25, 0.3) is 0 Å². The highest BCUT2D eigenvalue weighted by atomic mass is 32.2. The second kappa shape index (κ2) is 4.71. The number of rotatable bonds is 5. The standard InChI is InChI=1S/C12H17N3O4S/c1-12(2)7-10(12)14-20(18,19)9-6-4-5-8(13-3)11(9)15(16)17/h4-6,10,13-14H,7H2,1-3H3. The van der Waals surface area contributed by atoms with Gasteiger partial charge in [0.25, 0.3) is 0 Å². The van der Waals surface area contributed by atoms with Gasteiger partial charge >= 0.3 is 5.69 Å². The summed E-state index contributed by atoms with van der Waals surface area (Å²) >= 11 is 0. The largest absolute Gasteiger partial charge is 0.383 e. The van der Waals surface area contributed by atoms with Gasteiger partial charge in [0.15, 0.2) is 4.90 Å². The molecule has 2 rings (SSSR count). The third kappa shape index (κ3) is 2.61. The lowest BCUT2D eigenvalue weighted by molar-refractivity contribution is -0.386. The van der Waals surface area contributed by atoms with Crippen LogP contribution in [0.1, 0.15) is 20.3 Å². The molecule has 1 aliphatic carbocycles. The Morgan fingerprint density at radius 1 is 1.40 bits per heavy atom. The van der Waals surface area contributed by atoms with Crippen molar-refractivity contribution in [2.45, 2.75) is 31.2 Å². The van der Waals surface area contributed by atoms with Gasteiger partial charge in [0.1, 0.15) is 5.69 Å². The van der Waals surface area contributed by atoms with Gasteiger partial charge in [-0.25, -0.2) is 13.1 Å². The molecular formula is C12H17N3O4S. The van der Waals surface area contributed by atoms with Gasteiger partial charge in [0.2, 0.25) is 10.0 Å². The molecule has 1 aromatic carbocycles. The minimum absolute atomic E-state index is 0.0948. The molecule has 1 atom stereocenters. The van der Waals surface area contributed by atoms with Crippen molar-refractivity contribution in [1.29, 1.82) is 0 Å². The van der Waals surface area contributed by atoms with Crippen molar-refractivity contribution in [2.75, 3.05) is 12.4 Å². The maximum atomic E-state index is 12.3. The van der Waals surface area contributed by atoms with E-state index in [4.69, 9.17) is 0 Å². The lowest BCUT2D eigenvalue weighted by Crippen LogP contribution is -2.29. The van der Waals surface area contributed by atoms with E-state index in [1.165, 1.54) is 25.2 Å². The molecule has 1 aromatic rings. The van der Waals surface area contributed by atoms with Gasteiger partial charge in [0.05, 0.1) is 4.92 Å². The summed E-state index contributed by atoms with van der Waals surface area (Å²) in [6.07, 6.45) is 0.728. The molecule has 1 saturated carbocycles. The Morgan fingerprint density at radius 3 is 2.45 bits per heavy atom. The molecule has 8 heteroatoms. The monoisotopic (exact) mass is 299 g/mol. The zero-order valence-corrected chi connectivity index (χ0v) is 12.3. The van der Waals surface area contributed by atoms with Crippen molar-refractivity contribution in [3.8, 4) is 0 Å². The van der Waals surface area contributed by atoms with Gasteiger partial charge < -0.3 is 5.32 Å². The Bertz CT molecular complexity index is 655. The van der Waals surface area contributed by atoms with E-state index in [-0.39, 0.29) is 22.0 Å². The van der Waals surface area contributed by atoms with E-state index < -0.39 is 20.6 Å². The average Bonchev–Trinajstić information content (AvgIpc) is 2.94. The normalized spacial score (nSPS) is 20.4. The number of nitrogens with zero attached hydrogens (tertiary/aromatic N) is 1. The summed E-state index contributed by atoms with van der Waals surface area (Å²) in [5.74, 6) is 0. The van der Waals surface area contributed by atoms with Gasteiger partial charge in [-0.2, -0.15) is 0 Å². The van der Waals surface area contributed by atoms with Crippen LogP contribution in [0, 0.1) is 15.5 Å². The average molecular weight is 299 g/mol. The molecular weight excluding hydrogens is 282 g/mol. The van der Waals surface area contributed by atoms with Crippen molar-refractivity contribution in [3.05, 3.63) is 28.3 Å². The van der Waals surface area contributed by atoms with Crippen LogP contribution >= 0.6 is 0 Å². The van der Waals surface area contributed by atoms with Crippen LogP contribution < -0.4 is 10.0 Å². The lowest BCUT2D eigenvalue weighted by atomic mass is 10.2. The SMILES string of the molecule is CNc1cccc(S(=O)(=O)NC2CC2(C)C)c1[N+](=O)[O-]. The maximum Gasteiger partial charge on any atom is 0.312 e. The summed E-state index contributed by atoms with van der Waals surface area (Å²) in [6, 6.07) is 4.02. The predicted molar refractivity (Wildman–Crippen MR) is 75.2 cm³/mol. The molecule has 2 N–H and O–H groups in total. The van der Waals surface area contributed by atoms with Crippen LogP contribution in [-0.4, -0.2) is 26.4 Å². The topological polar surface area (TPSA) is 101 Å². The van der Waals surface area contributed by atoms with Crippen molar-refractivity contribution >= 4 is 21.4 Å². The van der Waals surface area contributed by atoms with Gasteiger partial charge in [-0.15, -0.1) is 0 Å². The molecule has 0 amide bonds. The molecule has 0 saturated heterocycles. The van der Waals surface area contributed by atoms with Crippen LogP contribution in [0.3, 0.4) is 0 Å². The molecule has 20 heavy (non-hydrogen) atoms. The molecule has 110 valence electrons. The molecule has 0 radical (unpaired) electrons. The minimum atomic E-state index is -3.91. The Kier molecular flexibility index (Phi) is 3.47. The second-order valence-electron chi connectivity index (χ2n) is 5.53. The number of hydrogen-bond donors (Lipinski definition) is 2.